The van der Waals surface area contributed by atoms with Crippen molar-refractivity contribution >= 4 is 21.8 Å². The molecule has 3 nitrogen and oxygen atoms in total. The number of carbonyl (C=O) groups is 1. The first-order valence-corrected chi connectivity index (χ1v) is 6.48. The predicted octanol–water partition coefficient (Wildman–Crippen LogP) is 2.24. The van der Waals surface area contributed by atoms with Gasteiger partial charge in [0, 0.05) is 10.0 Å². The Morgan fingerprint density at radius 1 is 1.35 bits per heavy atom. The Balaban J connectivity index is 2.49. The van der Waals surface area contributed by atoms with E-state index in [4.69, 9.17) is 5.73 Å². The normalized spacial score (nSPS) is 11.3. The second kappa shape index (κ2) is 6.17. The molecule has 17 heavy (non-hydrogen) atoms. The van der Waals surface area contributed by atoms with Gasteiger partial charge in [-0.15, -0.1) is 0 Å². The van der Waals surface area contributed by atoms with Crippen LogP contribution in [0, 0.1) is 0 Å². The molecule has 0 bridgehead atoms. The molecule has 0 aliphatic heterocycles. The zero-order valence-electron chi connectivity index (χ0n) is 10.3. The molecule has 0 saturated heterocycles. The van der Waals surface area contributed by atoms with E-state index in [-0.39, 0.29) is 18.0 Å². The number of halogens is 1. The first kappa shape index (κ1) is 14.2. The standard InChI is InChI=1S/C13H19BrN2O/c1-13(2,16-12(17)9-15)8-7-10-3-5-11(14)6-4-10/h3-6H,7-9,15H2,1-2H3,(H,16,17). The van der Waals surface area contributed by atoms with Gasteiger partial charge in [-0.05, 0) is 44.4 Å². The fourth-order valence-electron chi connectivity index (χ4n) is 1.60. The van der Waals surface area contributed by atoms with Crippen molar-refractivity contribution in [1.29, 1.82) is 0 Å². The Labute approximate surface area is 111 Å². The summed E-state index contributed by atoms with van der Waals surface area (Å²) in [5.41, 5.74) is 6.33. The van der Waals surface area contributed by atoms with Gasteiger partial charge in [-0.25, -0.2) is 0 Å². The Morgan fingerprint density at radius 2 is 1.94 bits per heavy atom. The number of rotatable bonds is 5. The number of benzene rings is 1. The van der Waals surface area contributed by atoms with Crippen LogP contribution in [0.3, 0.4) is 0 Å². The molecule has 0 radical (unpaired) electrons. The van der Waals surface area contributed by atoms with E-state index >= 15 is 0 Å². The van der Waals surface area contributed by atoms with Gasteiger partial charge in [0.05, 0.1) is 6.54 Å². The Hall–Kier alpha value is -0.870. The van der Waals surface area contributed by atoms with Crippen molar-refractivity contribution in [3.63, 3.8) is 0 Å². The minimum atomic E-state index is -0.219. The number of nitrogens with two attached hydrogens (primary N) is 1. The van der Waals surface area contributed by atoms with Gasteiger partial charge in [-0.3, -0.25) is 4.79 Å². The average Bonchev–Trinajstić information content (AvgIpc) is 2.28. The summed E-state index contributed by atoms with van der Waals surface area (Å²) < 4.78 is 1.08. The number of aryl methyl sites for hydroxylation is 1. The zero-order valence-corrected chi connectivity index (χ0v) is 11.9. The smallest absolute Gasteiger partial charge is 0.234 e. The van der Waals surface area contributed by atoms with E-state index in [1.54, 1.807) is 0 Å². The number of hydrogen-bond acceptors (Lipinski definition) is 2. The molecular formula is C13H19BrN2O. The van der Waals surface area contributed by atoms with Crippen LogP contribution >= 0.6 is 15.9 Å². The van der Waals surface area contributed by atoms with Crippen molar-refractivity contribution in [2.75, 3.05) is 6.54 Å². The first-order chi connectivity index (χ1) is 7.93. The summed E-state index contributed by atoms with van der Waals surface area (Å²) in [5.74, 6) is -0.106. The van der Waals surface area contributed by atoms with Gasteiger partial charge < -0.3 is 11.1 Å². The van der Waals surface area contributed by atoms with Crippen LogP contribution < -0.4 is 11.1 Å². The number of amides is 1. The van der Waals surface area contributed by atoms with Gasteiger partial charge >= 0.3 is 0 Å². The lowest BCUT2D eigenvalue weighted by Gasteiger charge is -2.26. The van der Waals surface area contributed by atoms with Crippen LogP contribution in [0.15, 0.2) is 28.7 Å². The molecule has 0 saturated carbocycles. The van der Waals surface area contributed by atoms with Crippen LogP contribution in [0.4, 0.5) is 0 Å². The minimum Gasteiger partial charge on any atom is -0.350 e. The van der Waals surface area contributed by atoms with Gasteiger partial charge in [-0.1, -0.05) is 28.1 Å². The summed E-state index contributed by atoms with van der Waals surface area (Å²) in [4.78, 5) is 11.2. The average molecular weight is 299 g/mol. The van der Waals surface area contributed by atoms with Crippen molar-refractivity contribution in [3.05, 3.63) is 34.3 Å². The van der Waals surface area contributed by atoms with Crippen molar-refractivity contribution in [2.24, 2.45) is 5.73 Å². The van der Waals surface area contributed by atoms with Crippen LogP contribution in [-0.2, 0) is 11.2 Å². The highest BCUT2D eigenvalue weighted by atomic mass is 79.9. The molecule has 0 aromatic heterocycles. The fraction of sp³-hybridized carbons (Fsp3) is 0.462. The SMILES string of the molecule is CC(C)(CCc1ccc(Br)cc1)NC(=O)CN. The predicted molar refractivity (Wildman–Crippen MR) is 73.7 cm³/mol. The quantitative estimate of drug-likeness (QED) is 0.876. The van der Waals surface area contributed by atoms with Gasteiger partial charge in [0.1, 0.15) is 0 Å². The molecule has 0 atom stereocenters. The largest absolute Gasteiger partial charge is 0.350 e. The molecule has 1 amide bonds. The van der Waals surface area contributed by atoms with Gasteiger partial charge in [0.25, 0.3) is 0 Å². The molecule has 0 spiro atoms. The lowest BCUT2D eigenvalue weighted by molar-refractivity contribution is -0.121. The highest BCUT2D eigenvalue weighted by molar-refractivity contribution is 9.10. The van der Waals surface area contributed by atoms with Gasteiger partial charge in [-0.2, -0.15) is 0 Å². The van der Waals surface area contributed by atoms with Crippen molar-refractivity contribution in [1.82, 2.24) is 5.32 Å². The monoisotopic (exact) mass is 298 g/mol. The maximum Gasteiger partial charge on any atom is 0.234 e. The minimum absolute atomic E-state index is 0.0434. The van der Waals surface area contributed by atoms with Crippen LogP contribution in [0.25, 0.3) is 0 Å². The summed E-state index contributed by atoms with van der Waals surface area (Å²) >= 11 is 3.41. The lowest BCUT2D eigenvalue weighted by atomic mass is 9.95. The van der Waals surface area contributed by atoms with E-state index in [0.717, 1.165) is 17.3 Å². The molecule has 1 aromatic rings. The third-order valence-corrected chi connectivity index (χ3v) is 3.14. The van der Waals surface area contributed by atoms with Gasteiger partial charge in [0.2, 0.25) is 5.91 Å². The van der Waals surface area contributed by atoms with E-state index in [1.165, 1.54) is 5.56 Å². The van der Waals surface area contributed by atoms with E-state index in [2.05, 4.69) is 33.4 Å². The topological polar surface area (TPSA) is 55.1 Å². The third-order valence-electron chi connectivity index (χ3n) is 2.62. The molecule has 4 heteroatoms. The molecule has 94 valence electrons. The second-order valence-corrected chi connectivity index (χ2v) is 5.68. The van der Waals surface area contributed by atoms with E-state index in [1.807, 2.05) is 26.0 Å². The maximum atomic E-state index is 11.2. The molecule has 0 heterocycles. The van der Waals surface area contributed by atoms with Crippen LogP contribution in [0.1, 0.15) is 25.8 Å². The number of nitrogens with one attached hydrogen (secondary N) is 1. The van der Waals surface area contributed by atoms with Crippen LogP contribution in [0.2, 0.25) is 0 Å². The van der Waals surface area contributed by atoms with Crippen LogP contribution in [-0.4, -0.2) is 18.0 Å². The molecular weight excluding hydrogens is 280 g/mol. The van der Waals surface area contributed by atoms with Crippen molar-refractivity contribution < 1.29 is 4.79 Å². The second-order valence-electron chi connectivity index (χ2n) is 4.76. The number of carbonyl (C=O) groups excluding carboxylic acids is 1. The van der Waals surface area contributed by atoms with E-state index in [9.17, 15) is 4.79 Å². The van der Waals surface area contributed by atoms with Crippen LogP contribution in [0.5, 0.6) is 0 Å². The maximum absolute atomic E-state index is 11.2. The molecule has 0 aliphatic rings. The number of hydrogen-bond donors (Lipinski definition) is 2. The third kappa shape index (κ3) is 5.33. The Kier molecular flexibility index (Phi) is 5.15. The summed E-state index contributed by atoms with van der Waals surface area (Å²) in [5, 5.41) is 2.91. The molecule has 0 aliphatic carbocycles. The van der Waals surface area contributed by atoms with Crippen molar-refractivity contribution in [2.45, 2.75) is 32.2 Å². The Bertz CT molecular complexity index is 374. The summed E-state index contributed by atoms with van der Waals surface area (Å²) in [7, 11) is 0. The molecule has 3 N–H and O–H groups in total. The summed E-state index contributed by atoms with van der Waals surface area (Å²) in [6.45, 7) is 4.07. The van der Waals surface area contributed by atoms with Crippen molar-refractivity contribution in [3.8, 4) is 0 Å². The molecule has 1 rings (SSSR count). The molecule has 1 aromatic carbocycles. The first-order valence-electron chi connectivity index (χ1n) is 5.68. The summed E-state index contributed by atoms with van der Waals surface area (Å²) in [6, 6.07) is 8.23. The summed E-state index contributed by atoms with van der Waals surface area (Å²) in [6.07, 6.45) is 1.82. The Morgan fingerprint density at radius 3 is 2.47 bits per heavy atom. The zero-order chi connectivity index (χ0) is 12.9. The fourth-order valence-corrected chi connectivity index (χ4v) is 1.86. The highest BCUT2D eigenvalue weighted by Crippen LogP contribution is 2.16. The van der Waals surface area contributed by atoms with Gasteiger partial charge in [0.15, 0.2) is 0 Å². The lowest BCUT2D eigenvalue weighted by Crippen LogP contribution is -2.46. The van der Waals surface area contributed by atoms with E-state index in [0.29, 0.717) is 0 Å². The highest BCUT2D eigenvalue weighted by Gasteiger charge is 2.19. The molecule has 0 fully saturated rings. The molecule has 0 unspecified atom stereocenters. The van der Waals surface area contributed by atoms with E-state index < -0.39 is 0 Å².